The van der Waals surface area contributed by atoms with Gasteiger partial charge in [0.05, 0.1) is 0 Å². The van der Waals surface area contributed by atoms with Crippen LogP contribution in [-0.2, 0) is 21.1 Å². The van der Waals surface area contributed by atoms with Crippen LogP contribution in [0.15, 0.2) is 182 Å². The molecule has 2 heterocycles. The van der Waals surface area contributed by atoms with Crippen molar-refractivity contribution >= 4 is 44.6 Å². The zero-order valence-electron chi connectivity index (χ0n) is 29.0. The zero-order valence-corrected chi connectivity index (χ0v) is 31.2. The Kier molecular flexibility index (Phi) is 8.82. The summed E-state index contributed by atoms with van der Waals surface area (Å²) in [5, 5.41) is 2.27. The van der Waals surface area contributed by atoms with E-state index in [1.54, 1.807) is 0 Å². The molecular formula is C49H31N3OPt. The number of rotatable bonds is 7. The van der Waals surface area contributed by atoms with E-state index >= 15 is 0 Å². The van der Waals surface area contributed by atoms with Gasteiger partial charge in [-0.1, -0.05) is 102 Å². The molecule has 0 unspecified atom stereocenters. The second kappa shape index (κ2) is 14.2. The van der Waals surface area contributed by atoms with E-state index in [-0.39, 0.29) is 21.1 Å². The molecule has 0 atom stereocenters. The van der Waals surface area contributed by atoms with Crippen molar-refractivity contribution in [1.82, 2.24) is 4.57 Å². The first kappa shape index (κ1) is 33.5. The molecule has 0 saturated heterocycles. The molecule has 1 aliphatic rings. The second-order valence-corrected chi connectivity index (χ2v) is 13.0. The summed E-state index contributed by atoms with van der Waals surface area (Å²) in [4.78, 5) is 4.44. The van der Waals surface area contributed by atoms with E-state index in [9.17, 15) is 0 Å². The Morgan fingerprint density at radius 1 is 0.463 bits per heavy atom. The maximum Gasteiger partial charge on any atom is 4.00 e. The molecule has 0 spiro atoms. The van der Waals surface area contributed by atoms with Crippen molar-refractivity contribution in [2.75, 3.05) is 9.80 Å². The molecule has 1 aliphatic heterocycles. The van der Waals surface area contributed by atoms with Crippen molar-refractivity contribution in [3.05, 3.63) is 207 Å². The van der Waals surface area contributed by atoms with Crippen molar-refractivity contribution in [3.8, 4) is 39.4 Å². The second-order valence-electron chi connectivity index (χ2n) is 13.0. The van der Waals surface area contributed by atoms with Gasteiger partial charge in [-0.3, -0.25) is 0 Å². The van der Waals surface area contributed by atoms with Crippen molar-refractivity contribution < 1.29 is 25.8 Å². The van der Waals surface area contributed by atoms with Gasteiger partial charge in [0.25, 0.3) is 0 Å². The molecule has 0 aliphatic carbocycles. The fraction of sp³-hybridized carbons (Fsp3) is 0. The number of ether oxygens (including phenoxy) is 1. The van der Waals surface area contributed by atoms with Gasteiger partial charge in [0.1, 0.15) is 0 Å². The molecule has 0 amide bonds. The van der Waals surface area contributed by atoms with Crippen LogP contribution in [0.5, 0.6) is 11.5 Å². The largest absolute Gasteiger partial charge is 4.00 e. The Morgan fingerprint density at radius 2 is 1.09 bits per heavy atom. The zero-order chi connectivity index (χ0) is 35.1. The summed E-state index contributed by atoms with van der Waals surface area (Å²) in [6, 6.07) is 73.5. The van der Waals surface area contributed by atoms with Crippen LogP contribution in [0.4, 0.5) is 22.7 Å². The minimum absolute atomic E-state index is 0. The van der Waals surface area contributed by atoms with Crippen LogP contribution < -0.4 is 14.5 Å². The first-order chi connectivity index (χ1) is 26.3. The van der Waals surface area contributed by atoms with Gasteiger partial charge >= 0.3 is 21.1 Å². The maximum atomic E-state index is 6.51. The normalized spacial score (nSPS) is 12.1. The Hall–Kier alpha value is -6.35. The van der Waals surface area contributed by atoms with Gasteiger partial charge in [0, 0.05) is 34.1 Å². The summed E-state index contributed by atoms with van der Waals surface area (Å²) < 4.78 is 8.71. The first-order valence-electron chi connectivity index (χ1n) is 17.7. The van der Waals surface area contributed by atoms with Crippen molar-refractivity contribution in [1.29, 1.82) is 0 Å². The molecule has 4 nitrogen and oxygen atoms in total. The fourth-order valence-corrected chi connectivity index (χ4v) is 7.32. The number of para-hydroxylation sites is 4. The quantitative estimate of drug-likeness (QED) is 0.149. The summed E-state index contributed by atoms with van der Waals surface area (Å²) in [7, 11) is 0. The minimum atomic E-state index is 0. The number of benzene rings is 8. The number of fused-ring (bicyclic) bond motifs is 4. The van der Waals surface area contributed by atoms with Crippen molar-refractivity contribution in [3.63, 3.8) is 0 Å². The van der Waals surface area contributed by atoms with Crippen LogP contribution in [0.1, 0.15) is 0 Å². The molecule has 54 heavy (non-hydrogen) atoms. The number of nitrogens with zero attached hydrogens (tertiary/aromatic N) is 3. The first-order valence-corrected chi connectivity index (χ1v) is 17.7. The summed E-state index contributed by atoms with van der Waals surface area (Å²) in [6.07, 6.45) is 0. The van der Waals surface area contributed by atoms with Gasteiger partial charge in [0.15, 0.2) is 0 Å². The van der Waals surface area contributed by atoms with E-state index in [0.29, 0.717) is 11.5 Å². The van der Waals surface area contributed by atoms with E-state index in [2.05, 4.69) is 185 Å². The average Bonchev–Trinajstić information content (AvgIpc) is 3.78. The smallest absolute Gasteiger partial charge is 0.509 e. The summed E-state index contributed by atoms with van der Waals surface area (Å²) in [5.41, 5.74) is 11.7. The molecule has 10 rings (SSSR count). The fourth-order valence-electron chi connectivity index (χ4n) is 7.32. The van der Waals surface area contributed by atoms with Gasteiger partial charge in [-0.15, -0.1) is 54.1 Å². The number of aromatic nitrogens is 1. The van der Waals surface area contributed by atoms with Gasteiger partial charge in [-0.2, -0.15) is 36.4 Å². The standard InChI is InChI=1S/C49H31N3O.Pt/c1-4-15-35(16-5-1)37-29-38(36-17-6-2-7-18-36)31-41(30-37)51-34-50(47-25-12-13-26-48(47)51)40-21-14-22-42(32-40)53-43-27-28-45-44-23-10-11-24-46(44)52(49(45)33-43)39-19-8-3-9-20-39;/h1-19,21-31,34H;/q-4;+4. The summed E-state index contributed by atoms with van der Waals surface area (Å²) in [5.74, 6) is 1.22. The Balaban J connectivity index is 0.00000384. The molecule has 9 aromatic rings. The van der Waals surface area contributed by atoms with E-state index in [1.165, 1.54) is 11.1 Å². The predicted octanol–water partition coefficient (Wildman–Crippen LogP) is 12.7. The molecule has 0 saturated carbocycles. The van der Waals surface area contributed by atoms with Gasteiger partial charge in [-0.05, 0) is 64.0 Å². The van der Waals surface area contributed by atoms with E-state index in [4.69, 9.17) is 4.74 Å². The van der Waals surface area contributed by atoms with Crippen LogP contribution in [0.2, 0.25) is 0 Å². The number of anilines is 4. The van der Waals surface area contributed by atoms with Gasteiger partial charge in [0.2, 0.25) is 0 Å². The average molecular weight is 873 g/mol. The van der Waals surface area contributed by atoms with E-state index in [0.717, 1.165) is 61.4 Å². The Bertz CT molecular complexity index is 2690. The maximum absolute atomic E-state index is 6.51. The molecule has 5 heteroatoms. The molecule has 0 fully saturated rings. The summed E-state index contributed by atoms with van der Waals surface area (Å²) in [6.45, 7) is 2.14. The third-order valence-corrected chi connectivity index (χ3v) is 9.76. The van der Waals surface area contributed by atoms with E-state index < -0.39 is 0 Å². The number of hydrogen-bond acceptors (Lipinski definition) is 3. The van der Waals surface area contributed by atoms with Gasteiger partial charge < -0.3 is 19.1 Å². The minimum Gasteiger partial charge on any atom is -0.509 e. The number of hydrogen-bond donors (Lipinski definition) is 0. The molecule has 0 radical (unpaired) electrons. The Morgan fingerprint density at radius 3 is 1.81 bits per heavy atom. The molecule has 1 aromatic heterocycles. The van der Waals surface area contributed by atoms with Crippen molar-refractivity contribution in [2.45, 2.75) is 0 Å². The third-order valence-electron chi connectivity index (χ3n) is 9.76. The van der Waals surface area contributed by atoms with E-state index in [1.807, 2.05) is 36.4 Å². The predicted molar refractivity (Wildman–Crippen MR) is 216 cm³/mol. The molecule has 8 aromatic carbocycles. The van der Waals surface area contributed by atoms with Crippen LogP contribution in [0.3, 0.4) is 0 Å². The topological polar surface area (TPSA) is 20.6 Å². The molecular weight excluding hydrogens is 842 g/mol. The van der Waals surface area contributed by atoms with Crippen molar-refractivity contribution in [2.24, 2.45) is 0 Å². The monoisotopic (exact) mass is 872 g/mol. The van der Waals surface area contributed by atoms with Crippen LogP contribution >= 0.6 is 0 Å². The third kappa shape index (κ3) is 6.05. The molecule has 258 valence electrons. The van der Waals surface area contributed by atoms with Crippen LogP contribution in [0.25, 0.3) is 49.7 Å². The SMILES string of the molecule is [Pt+4].[c-]1c(Oc2[c-]c3c(cc2)c2ccccc2n3-c2[c-]cccc2)cccc1N1[CH-]N(c2cc(-c3ccccc3)cc(-c3ccccc3)c2)c2ccccc21. The van der Waals surface area contributed by atoms with Crippen LogP contribution in [0, 0.1) is 24.9 Å². The Labute approximate surface area is 329 Å². The molecule has 0 bridgehead atoms. The van der Waals surface area contributed by atoms with Crippen LogP contribution in [-0.4, -0.2) is 4.57 Å². The van der Waals surface area contributed by atoms with Gasteiger partial charge in [-0.25, -0.2) is 0 Å². The molecule has 0 N–H and O–H groups in total. The summed E-state index contributed by atoms with van der Waals surface area (Å²) >= 11 is 0.